The maximum atomic E-state index is 12.0. The monoisotopic (exact) mass is 417 g/mol. The summed E-state index contributed by atoms with van der Waals surface area (Å²) in [6, 6.07) is 11.0. The third kappa shape index (κ3) is 7.31. The number of nitrogens with one attached hydrogen (secondary N) is 1. The first-order valence-corrected chi connectivity index (χ1v) is 9.31. The Labute approximate surface area is 176 Å². The van der Waals surface area contributed by atoms with Crippen LogP contribution in [0.1, 0.15) is 11.1 Å². The highest BCUT2D eigenvalue weighted by molar-refractivity contribution is 5.88. The molecule has 0 spiro atoms. The second kappa shape index (κ2) is 12.4. The van der Waals surface area contributed by atoms with Crippen molar-refractivity contribution >= 4 is 23.9 Å². The minimum absolute atomic E-state index is 0.0748. The average molecular weight is 417 g/mol. The molecule has 8 nitrogen and oxygen atoms in total. The Balaban J connectivity index is 2.08. The van der Waals surface area contributed by atoms with E-state index in [9.17, 15) is 4.79 Å². The molecule has 0 aliphatic carbocycles. The van der Waals surface area contributed by atoms with Gasteiger partial charge >= 0.3 is 6.09 Å². The van der Waals surface area contributed by atoms with Crippen LogP contribution in [0.2, 0.25) is 0 Å². The zero-order chi connectivity index (χ0) is 21.8. The molecule has 0 atom stereocenters. The summed E-state index contributed by atoms with van der Waals surface area (Å²) in [4.78, 5) is 12.0. The molecule has 2 aromatic carbocycles. The summed E-state index contributed by atoms with van der Waals surface area (Å²) < 4.78 is 26.0. The highest BCUT2D eigenvalue weighted by Gasteiger charge is 2.09. The molecule has 0 bridgehead atoms. The number of hydrogen-bond donors (Lipinski definition) is 2. The molecule has 2 aromatic rings. The smallest absolute Gasteiger partial charge is 0.411 e. The van der Waals surface area contributed by atoms with Crippen molar-refractivity contribution in [1.82, 2.24) is 0 Å². The number of carbonyl (C=O) groups is 1. The quantitative estimate of drug-likeness (QED) is 0.427. The summed E-state index contributed by atoms with van der Waals surface area (Å²) >= 11 is 0. The number of methoxy groups -OCH3 is 3. The van der Waals surface area contributed by atoms with Crippen molar-refractivity contribution in [1.29, 1.82) is 0 Å². The molecule has 30 heavy (non-hydrogen) atoms. The molecule has 162 valence electrons. The molecule has 0 aliphatic rings. The zero-order valence-corrected chi connectivity index (χ0v) is 17.3. The van der Waals surface area contributed by atoms with Crippen molar-refractivity contribution in [2.24, 2.45) is 0 Å². The van der Waals surface area contributed by atoms with Crippen molar-refractivity contribution in [2.75, 3.05) is 53.1 Å². The molecule has 0 aromatic heterocycles. The van der Waals surface area contributed by atoms with Gasteiger partial charge < -0.3 is 28.8 Å². The first kappa shape index (κ1) is 23.1. The van der Waals surface area contributed by atoms with Crippen LogP contribution < -0.4 is 19.5 Å². The Morgan fingerprint density at radius 1 is 0.900 bits per heavy atom. The Morgan fingerprint density at radius 3 is 2.23 bits per heavy atom. The molecule has 1 amide bonds. The van der Waals surface area contributed by atoms with Gasteiger partial charge in [0.1, 0.15) is 23.9 Å². The van der Waals surface area contributed by atoms with E-state index in [1.165, 1.54) is 7.11 Å². The lowest BCUT2D eigenvalue weighted by Gasteiger charge is -2.11. The van der Waals surface area contributed by atoms with E-state index in [4.69, 9.17) is 28.8 Å². The standard InChI is InChI=1S/C22H27NO7/c1-26-18-12-17(13-19(15-18)27-2)5-4-16-6-7-21(28-3)20(14-16)23-22(25)30-11-10-29-9-8-24/h4-7,12-15,24H,8-11H2,1-3H3,(H,23,25)/b5-4-. The van der Waals surface area contributed by atoms with Gasteiger partial charge in [-0.2, -0.15) is 0 Å². The summed E-state index contributed by atoms with van der Waals surface area (Å²) in [5.74, 6) is 1.89. The van der Waals surface area contributed by atoms with Gasteiger partial charge in [0.15, 0.2) is 0 Å². The van der Waals surface area contributed by atoms with Crippen molar-refractivity contribution < 1.29 is 33.6 Å². The lowest BCUT2D eigenvalue weighted by Crippen LogP contribution is -2.17. The van der Waals surface area contributed by atoms with Crippen LogP contribution in [0.15, 0.2) is 36.4 Å². The number of rotatable bonds is 11. The number of amides is 1. The third-order valence-corrected chi connectivity index (χ3v) is 4.00. The second-order valence-corrected chi connectivity index (χ2v) is 6.04. The Kier molecular flexibility index (Phi) is 9.50. The van der Waals surface area contributed by atoms with Gasteiger partial charge in [-0.05, 0) is 35.4 Å². The molecular weight excluding hydrogens is 390 g/mol. The summed E-state index contributed by atoms with van der Waals surface area (Å²) in [5, 5.41) is 11.3. The number of ether oxygens (including phenoxy) is 5. The lowest BCUT2D eigenvalue weighted by molar-refractivity contribution is 0.0572. The molecule has 0 saturated carbocycles. The zero-order valence-electron chi connectivity index (χ0n) is 17.3. The molecule has 0 radical (unpaired) electrons. The molecule has 0 fully saturated rings. The first-order valence-electron chi connectivity index (χ1n) is 9.31. The highest BCUT2D eigenvalue weighted by atomic mass is 16.6. The fourth-order valence-electron chi connectivity index (χ4n) is 2.55. The number of anilines is 1. The van der Waals surface area contributed by atoms with E-state index in [-0.39, 0.29) is 26.4 Å². The molecule has 0 heterocycles. The van der Waals surface area contributed by atoms with Gasteiger partial charge in [0, 0.05) is 6.07 Å². The van der Waals surface area contributed by atoms with Gasteiger partial charge in [-0.15, -0.1) is 0 Å². The van der Waals surface area contributed by atoms with Gasteiger partial charge in [0.05, 0.1) is 46.8 Å². The van der Waals surface area contributed by atoms with Crippen molar-refractivity contribution in [3.05, 3.63) is 47.5 Å². The van der Waals surface area contributed by atoms with Crippen LogP contribution in [0.3, 0.4) is 0 Å². The molecule has 0 aliphatic heterocycles. The van der Waals surface area contributed by atoms with Crippen molar-refractivity contribution in [3.8, 4) is 17.2 Å². The summed E-state index contributed by atoms with van der Waals surface area (Å²) in [5.41, 5.74) is 2.22. The third-order valence-electron chi connectivity index (χ3n) is 4.00. The van der Waals surface area contributed by atoms with Crippen LogP contribution in [0.25, 0.3) is 12.2 Å². The largest absolute Gasteiger partial charge is 0.497 e. The molecule has 0 saturated heterocycles. The van der Waals surface area contributed by atoms with Gasteiger partial charge in [0.25, 0.3) is 0 Å². The van der Waals surface area contributed by atoms with Crippen LogP contribution in [-0.4, -0.2) is 59.0 Å². The summed E-state index contributed by atoms with van der Waals surface area (Å²) in [7, 11) is 4.72. The fourth-order valence-corrected chi connectivity index (χ4v) is 2.55. The molecule has 0 unspecified atom stereocenters. The minimum Gasteiger partial charge on any atom is -0.497 e. The maximum Gasteiger partial charge on any atom is 0.411 e. The second-order valence-electron chi connectivity index (χ2n) is 6.04. The van der Waals surface area contributed by atoms with Crippen LogP contribution in [0.4, 0.5) is 10.5 Å². The number of carbonyl (C=O) groups excluding carboxylic acids is 1. The number of aliphatic hydroxyl groups is 1. The van der Waals surface area contributed by atoms with E-state index < -0.39 is 6.09 Å². The molecule has 2 N–H and O–H groups in total. The minimum atomic E-state index is -0.625. The van der Waals surface area contributed by atoms with Gasteiger partial charge in [-0.3, -0.25) is 5.32 Å². The Morgan fingerprint density at radius 2 is 1.60 bits per heavy atom. The predicted molar refractivity (Wildman–Crippen MR) is 114 cm³/mol. The molecule has 2 rings (SSSR count). The maximum absolute atomic E-state index is 12.0. The van der Waals surface area contributed by atoms with Crippen molar-refractivity contribution in [3.63, 3.8) is 0 Å². The van der Waals surface area contributed by atoms with Gasteiger partial charge in [-0.1, -0.05) is 18.2 Å². The van der Waals surface area contributed by atoms with E-state index >= 15 is 0 Å². The average Bonchev–Trinajstić information content (AvgIpc) is 2.77. The Bertz CT molecular complexity index is 829. The SMILES string of the molecule is COc1cc(/C=C\c2ccc(OC)c(NC(=O)OCCOCCO)c2)cc(OC)c1. The van der Waals surface area contributed by atoms with Gasteiger partial charge in [0.2, 0.25) is 0 Å². The van der Waals surface area contributed by atoms with Crippen LogP contribution in [0.5, 0.6) is 17.2 Å². The van der Waals surface area contributed by atoms with Crippen molar-refractivity contribution in [2.45, 2.75) is 0 Å². The first-order chi connectivity index (χ1) is 14.6. The Hall–Kier alpha value is -3.23. The normalized spacial score (nSPS) is 10.7. The van der Waals surface area contributed by atoms with E-state index in [2.05, 4.69) is 5.32 Å². The van der Waals surface area contributed by atoms with Gasteiger partial charge in [-0.25, -0.2) is 4.79 Å². The predicted octanol–water partition coefficient (Wildman–Crippen LogP) is 3.44. The number of aliphatic hydroxyl groups excluding tert-OH is 1. The van der Waals surface area contributed by atoms with E-state index in [1.54, 1.807) is 32.4 Å². The van der Waals surface area contributed by atoms with Crippen LogP contribution in [-0.2, 0) is 9.47 Å². The summed E-state index contributed by atoms with van der Waals surface area (Å²) in [6.45, 7) is 0.405. The number of benzene rings is 2. The molecular formula is C22H27NO7. The number of hydrogen-bond acceptors (Lipinski definition) is 7. The lowest BCUT2D eigenvalue weighted by atomic mass is 10.1. The molecule has 8 heteroatoms. The van der Waals surface area contributed by atoms with E-state index in [1.807, 2.05) is 30.4 Å². The van der Waals surface area contributed by atoms with E-state index in [0.29, 0.717) is 22.9 Å². The highest BCUT2D eigenvalue weighted by Crippen LogP contribution is 2.28. The van der Waals surface area contributed by atoms with Crippen LogP contribution >= 0.6 is 0 Å². The van der Waals surface area contributed by atoms with Crippen LogP contribution in [0, 0.1) is 0 Å². The fraction of sp³-hybridized carbons (Fsp3) is 0.318. The van der Waals surface area contributed by atoms with E-state index in [0.717, 1.165) is 11.1 Å². The summed E-state index contributed by atoms with van der Waals surface area (Å²) in [6.07, 6.45) is 3.18. The topological polar surface area (TPSA) is 95.5 Å².